The fourth-order valence-electron chi connectivity index (χ4n) is 3.00. The van der Waals surface area contributed by atoms with Crippen molar-refractivity contribution < 1.29 is 18.0 Å². The first-order valence-corrected chi connectivity index (χ1v) is 7.51. The number of nitrogens with one attached hydrogen (secondary N) is 1. The summed E-state index contributed by atoms with van der Waals surface area (Å²) < 4.78 is 41.6. The van der Waals surface area contributed by atoms with Gasteiger partial charge in [0.05, 0.1) is 11.8 Å². The van der Waals surface area contributed by atoms with E-state index in [4.69, 9.17) is 0 Å². The predicted molar refractivity (Wildman–Crippen MR) is 80.8 cm³/mol. The summed E-state index contributed by atoms with van der Waals surface area (Å²) in [6.45, 7) is 1.24. The van der Waals surface area contributed by atoms with Crippen molar-refractivity contribution in [1.82, 2.24) is 20.0 Å². The van der Waals surface area contributed by atoms with Gasteiger partial charge in [-0.1, -0.05) is 18.2 Å². The largest absolute Gasteiger partial charge is 0.416 e. The Hall–Kier alpha value is -2.35. The molecule has 1 aliphatic heterocycles. The van der Waals surface area contributed by atoms with Gasteiger partial charge in [-0.2, -0.15) is 18.3 Å². The average Bonchev–Trinajstić information content (AvgIpc) is 2.92. The van der Waals surface area contributed by atoms with E-state index >= 15 is 0 Å². The van der Waals surface area contributed by atoms with Crippen molar-refractivity contribution in [2.45, 2.75) is 18.8 Å². The summed E-state index contributed by atoms with van der Waals surface area (Å²) in [4.78, 5) is 14.1. The second-order valence-corrected chi connectivity index (χ2v) is 5.77. The topological polar surface area (TPSA) is 50.2 Å². The summed E-state index contributed by atoms with van der Waals surface area (Å²) in [7, 11) is 1.77. The molecule has 0 unspecified atom stereocenters. The van der Waals surface area contributed by atoms with Crippen LogP contribution >= 0.6 is 0 Å². The summed E-state index contributed by atoms with van der Waals surface area (Å²) in [5, 5.41) is 6.73. The Kier molecular flexibility index (Phi) is 4.31. The number of carbonyl (C=O) groups is 1. The minimum absolute atomic E-state index is 0.0221. The molecule has 24 heavy (non-hydrogen) atoms. The first kappa shape index (κ1) is 16.5. The number of nitrogens with zero attached hydrogens (tertiary/aromatic N) is 3. The van der Waals surface area contributed by atoms with Gasteiger partial charge >= 0.3 is 6.18 Å². The Morgan fingerprint density at radius 2 is 2.08 bits per heavy atom. The summed E-state index contributed by atoms with van der Waals surface area (Å²) in [6.07, 6.45) is -1.06. The molecule has 8 heteroatoms. The fourth-order valence-corrected chi connectivity index (χ4v) is 3.00. The molecule has 3 rings (SSSR count). The summed E-state index contributed by atoms with van der Waals surface area (Å²) in [6, 6.07) is 4.26. The monoisotopic (exact) mass is 338 g/mol. The van der Waals surface area contributed by atoms with Crippen LogP contribution in [0.15, 0.2) is 36.7 Å². The van der Waals surface area contributed by atoms with Gasteiger partial charge in [0.1, 0.15) is 6.04 Å². The molecule has 1 fully saturated rings. The van der Waals surface area contributed by atoms with E-state index in [1.54, 1.807) is 29.0 Å². The van der Waals surface area contributed by atoms with Gasteiger partial charge in [-0.15, -0.1) is 0 Å². The molecule has 2 heterocycles. The number of hydrogen-bond acceptors (Lipinski definition) is 3. The molecule has 0 bridgehead atoms. The van der Waals surface area contributed by atoms with E-state index in [9.17, 15) is 18.0 Å². The lowest BCUT2D eigenvalue weighted by molar-refractivity contribution is -0.140. The molecule has 0 radical (unpaired) electrons. The van der Waals surface area contributed by atoms with Crippen LogP contribution in [-0.4, -0.2) is 33.7 Å². The third-order valence-electron chi connectivity index (χ3n) is 4.02. The molecule has 0 aliphatic carbocycles. The molecule has 2 aromatic rings. The smallest absolute Gasteiger partial charge is 0.353 e. The summed E-state index contributed by atoms with van der Waals surface area (Å²) in [5.74, 6) is -0.415. The number of benzene rings is 1. The number of carbonyl (C=O) groups excluding carboxylic acids is 1. The molecule has 5 nitrogen and oxygen atoms in total. The Balaban J connectivity index is 1.97. The van der Waals surface area contributed by atoms with Crippen molar-refractivity contribution in [3.63, 3.8) is 0 Å². The van der Waals surface area contributed by atoms with E-state index in [1.165, 1.54) is 18.2 Å². The highest BCUT2D eigenvalue weighted by atomic mass is 19.4. The van der Waals surface area contributed by atoms with Gasteiger partial charge in [0, 0.05) is 38.4 Å². The minimum Gasteiger partial charge on any atom is -0.353 e. The van der Waals surface area contributed by atoms with E-state index in [1.807, 2.05) is 0 Å². The second kappa shape index (κ2) is 6.27. The van der Waals surface area contributed by atoms with E-state index in [2.05, 4.69) is 10.4 Å². The van der Waals surface area contributed by atoms with E-state index in [0.29, 0.717) is 19.6 Å². The maximum atomic E-state index is 13.3. The number of piperazine rings is 1. The predicted octanol–water partition coefficient (Wildman–Crippen LogP) is 2.11. The van der Waals surface area contributed by atoms with Crippen LogP contribution in [0.4, 0.5) is 13.2 Å². The van der Waals surface area contributed by atoms with Gasteiger partial charge in [0.25, 0.3) is 0 Å². The fraction of sp³-hybridized carbons (Fsp3) is 0.375. The summed E-state index contributed by atoms with van der Waals surface area (Å²) in [5.41, 5.74) is 0.0519. The van der Waals surface area contributed by atoms with Crippen LogP contribution in [0.3, 0.4) is 0 Å². The number of hydrogen-bond donors (Lipinski definition) is 1. The van der Waals surface area contributed by atoms with Crippen molar-refractivity contribution >= 4 is 5.91 Å². The molecule has 128 valence electrons. The number of halogens is 3. The molecule has 1 saturated heterocycles. The lowest BCUT2D eigenvalue weighted by Gasteiger charge is -2.36. The SMILES string of the molecule is Cn1cc(CN2CCNC(=O)[C@H]2c2ccccc2C(F)(F)F)cn1. The number of amides is 1. The van der Waals surface area contributed by atoms with E-state index in [0.717, 1.165) is 11.6 Å². The first-order valence-electron chi connectivity index (χ1n) is 7.51. The highest BCUT2D eigenvalue weighted by molar-refractivity contribution is 5.84. The Morgan fingerprint density at radius 3 is 2.75 bits per heavy atom. The van der Waals surface area contributed by atoms with Crippen molar-refractivity contribution in [3.05, 3.63) is 53.3 Å². The molecule has 0 spiro atoms. The van der Waals surface area contributed by atoms with Crippen LogP contribution in [-0.2, 0) is 24.6 Å². The van der Waals surface area contributed by atoms with Crippen LogP contribution in [0, 0.1) is 0 Å². The standard InChI is InChI=1S/C16H17F3N4O/c1-22-9-11(8-21-22)10-23-7-6-20-15(24)14(23)12-4-2-3-5-13(12)16(17,18)19/h2-5,8-9,14H,6-7,10H2,1H3,(H,20,24)/t14-/m1/s1. The number of aryl methyl sites for hydroxylation is 1. The lowest BCUT2D eigenvalue weighted by atomic mass is 9.96. The third kappa shape index (κ3) is 3.28. The average molecular weight is 338 g/mol. The summed E-state index contributed by atoms with van der Waals surface area (Å²) >= 11 is 0. The van der Waals surface area contributed by atoms with Gasteiger partial charge in [0.15, 0.2) is 0 Å². The zero-order valence-corrected chi connectivity index (χ0v) is 13.0. The minimum atomic E-state index is -4.51. The van der Waals surface area contributed by atoms with Crippen LogP contribution in [0.25, 0.3) is 0 Å². The second-order valence-electron chi connectivity index (χ2n) is 5.77. The van der Waals surface area contributed by atoms with Crippen LogP contribution in [0.1, 0.15) is 22.7 Å². The van der Waals surface area contributed by atoms with Gasteiger partial charge in [-0.25, -0.2) is 0 Å². The van der Waals surface area contributed by atoms with Gasteiger partial charge < -0.3 is 5.32 Å². The highest BCUT2D eigenvalue weighted by Crippen LogP contribution is 2.37. The van der Waals surface area contributed by atoms with Crippen molar-refractivity contribution in [3.8, 4) is 0 Å². The maximum absolute atomic E-state index is 13.3. The van der Waals surface area contributed by atoms with Crippen molar-refractivity contribution in [2.75, 3.05) is 13.1 Å². The van der Waals surface area contributed by atoms with Crippen LogP contribution in [0.5, 0.6) is 0 Å². The number of aromatic nitrogens is 2. The van der Waals surface area contributed by atoms with Gasteiger partial charge in [-0.05, 0) is 11.6 Å². The molecular formula is C16H17F3N4O. The van der Waals surface area contributed by atoms with Crippen molar-refractivity contribution in [1.29, 1.82) is 0 Å². The lowest BCUT2D eigenvalue weighted by Crippen LogP contribution is -2.49. The van der Waals surface area contributed by atoms with E-state index in [-0.39, 0.29) is 5.56 Å². The third-order valence-corrected chi connectivity index (χ3v) is 4.02. The molecule has 0 saturated carbocycles. The normalized spacial score (nSPS) is 19.3. The number of rotatable bonds is 3. The van der Waals surface area contributed by atoms with Crippen LogP contribution in [0.2, 0.25) is 0 Å². The zero-order valence-electron chi connectivity index (χ0n) is 13.0. The zero-order chi connectivity index (χ0) is 17.3. The molecule has 1 atom stereocenters. The quantitative estimate of drug-likeness (QED) is 0.933. The molecule has 1 aliphatic rings. The van der Waals surface area contributed by atoms with Crippen molar-refractivity contribution in [2.24, 2.45) is 7.05 Å². The van der Waals surface area contributed by atoms with Gasteiger partial charge in [0.2, 0.25) is 5.91 Å². The Bertz CT molecular complexity index is 741. The molecule has 1 aromatic carbocycles. The molecule has 1 aromatic heterocycles. The van der Waals surface area contributed by atoms with Gasteiger partial charge in [-0.3, -0.25) is 14.4 Å². The first-order chi connectivity index (χ1) is 11.4. The Labute approximate surface area is 137 Å². The molecular weight excluding hydrogens is 321 g/mol. The van der Waals surface area contributed by atoms with E-state index < -0.39 is 23.7 Å². The molecule has 1 amide bonds. The van der Waals surface area contributed by atoms with Crippen LogP contribution < -0.4 is 5.32 Å². The number of alkyl halides is 3. The Morgan fingerprint density at radius 1 is 1.33 bits per heavy atom. The maximum Gasteiger partial charge on any atom is 0.416 e. The molecule has 1 N–H and O–H groups in total. The highest BCUT2D eigenvalue weighted by Gasteiger charge is 2.40.